The summed E-state index contributed by atoms with van der Waals surface area (Å²) in [5, 5.41) is 21.6. The zero-order valence-electron chi connectivity index (χ0n) is 46.9. The van der Waals surface area contributed by atoms with E-state index in [-0.39, 0.29) is 17.3 Å². The van der Waals surface area contributed by atoms with Crippen molar-refractivity contribution in [3.8, 4) is 68.9 Å². The monoisotopic (exact) mass is 1130 g/mol. The van der Waals surface area contributed by atoms with Gasteiger partial charge in [0, 0.05) is 47.7 Å². The number of rotatable bonds is 33. The largest absolute Gasteiger partial charge is 0.494 e. The van der Waals surface area contributed by atoms with Crippen LogP contribution in [0.25, 0.3) is 40.1 Å². The summed E-state index contributed by atoms with van der Waals surface area (Å²) in [4.78, 5) is 30.4. The second-order valence-electron chi connectivity index (χ2n) is 20.8. The van der Waals surface area contributed by atoms with Crippen LogP contribution in [-0.2, 0) is 6.42 Å². The van der Waals surface area contributed by atoms with Crippen LogP contribution in [0.4, 0.5) is 11.4 Å². The second-order valence-corrected chi connectivity index (χ2v) is 20.8. The molecule has 0 N–H and O–H groups in total. The van der Waals surface area contributed by atoms with Crippen LogP contribution in [0.15, 0.2) is 179 Å². The molecule has 0 spiro atoms. The van der Waals surface area contributed by atoms with Crippen LogP contribution in [0.1, 0.15) is 113 Å². The number of allylic oxidation sites excluding steroid dienone is 1. The number of non-ortho nitro benzene ring substituents is 2. The Morgan fingerprint density at radius 1 is 0.417 bits per heavy atom. The normalized spacial score (nSPS) is 12.6. The molecular formula is C68H68N4O12. The Bertz CT molecular complexity index is 3540. The molecule has 9 aromatic rings. The highest BCUT2D eigenvalue weighted by Gasteiger charge is 2.23. The maximum absolute atomic E-state index is 10.8. The quantitative estimate of drug-likeness (QED) is 0.0214. The van der Waals surface area contributed by atoms with E-state index in [0.717, 1.165) is 122 Å². The molecule has 0 saturated heterocycles. The van der Waals surface area contributed by atoms with E-state index in [0.29, 0.717) is 84.7 Å². The maximum atomic E-state index is 10.8. The highest BCUT2D eigenvalue weighted by Crippen LogP contribution is 2.37. The number of fused-ring (bicyclic) bond motifs is 2. The second kappa shape index (κ2) is 29.5. The molecule has 10 rings (SSSR count). The maximum Gasteiger partial charge on any atom is 0.269 e. The third-order valence-electron chi connectivity index (χ3n) is 14.5. The first-order valence-electron chi connectivity index (χ1n) is 29.1. The molecular weight excluding hydrogens is 1060 g/mol. The van der Waals surface area contributed by atoms with E-state index < -0.39 is 9.85 Å². The summed E-state index contributed by atoms with van der Waals surface area (Å²) < 4.78 is 48.4. The first-order chi connectivity index (χ1) is 41.2. The van der Waals surface area contributed by atoms with Gasteiger partial charge in [-0.05, 0) is 171 Å². The SMILES string of the molecule is O=[N+]([O-])c1ccc(OCCCCCCCCCOc2ccc(Oc3ccc(-c4nc5c(o4)CC(c4ccc6nc(-c7ccc(Oc8ccc(OCCCCCCCCCOc9ccc([N+](=O)[O-])cc9)cc8)cc7)oc6c4)C=C5)cc3)cc2)cc1. The third-order valence-corrected chi connectivity index (χ3v) is 14.5. The lowest BCUT2D eigenvalue weighted by Crippen LogP contribution is -2.04. The number of ether oxygens (including phenoxy) is 6. The highest BCUT2D eigenvalue weighted by atomic mass is 16.6. The Hall–Kier alpha value is -9.44. The molecule has 16 heteroatoms. The van der Waals surface area contributed by atoms with Crippen molar-refractivity contribution in [2.45, 2.75) is 102 Å². The van der Waals surface area contributed by atoms with Crippen molar-refractivity contribution in [1.29, 1.82) is 0 Å². The molecule has 84 heavy (non-hydrogen) atoms. The van der Waals surface area contributed by atoms with Crippen molar-refractivity contribution in [3.63, 3.8) is 0 Å². The number of hydrogen-bond donors (Lipinski definition) is 0. The highest BCUT2D eigenvalue weighted by molar-refractivity contribution is 5.77. The van der Waals surface area contributed by atoms with Crippen LogP contribution in [0.2, 0.25) is 0 Å². The van der Waals surface area contributed by atoms with Gasteiger partial charge in [0.05, 0.1) is 36.3 Å². The summed E-state index contributed by atoms with van der Waals surface area (Å²) in [6.45, 7) is 2.55. The van der Waals surface area contributed by atoms with E-state index in [9.17, 15) is 20.2 Å². The fourth-order valence-electron chi connectivity index (χ4n) is 9.84. The van der Waals surface area contributed by atoms with Crippen LogP contribution in [-0.4, -0.2) is 46.2 Å². The predicted octanol–water partition coefficient (Wildman–Crippen LogP) is 18.3. The minimum absolute atomic E-state index is 0.0668. The van der Waals surface area contributed by atoms with Crippen LogP contribution < -0.4 is 28.4 Å². The minimum atomic E-state index is -0.410. The zero-order chi connectivity index (χ0) is 57.7. The molecule has 2 aromatic heterocycles. The van der Waals surface area contributed by atoms with Crippen molar-refractivity contribution in [1.82, 2.24) is 9.97 Å². The molecule has 16 nitrogen and oxygen atoms in total. The summed E-state index contributed by atoms with van der Waals surface area (Å²) >= 11 is 0. The molecule has 0 aliphatic heterocycles. The number of aromatic nitrogens is 2. The number of nitro benzene ring substituents is 2. The van der Waals surface area contributed by atoms with Crippen LogP contribution in [0.5, 0.6) is 46.0 Å². The van der Waals surface area contributed by atoms with Crippen molar-refractivity contribution in [2.24, 2.45) is 0 Å². The average Bonchev–Trinajstić information content (AvgIpc) is 4.37. The van der Waals surface area contributed by atoms with Crippen molar-refractivity contribution < 1.29 is 47.1 Å². The van der Waals surface area contributed by atoms with Gasteiger partial charge in [0.2, 0.25) is 11.8 Å². The first kappa shape index (κ1) is 57.8. The molecule has 1 aliphatic rings. The number of oxazole rings is 2. The smallest absolute Gasteiger partial charge is 0.269 e. The van der Waals surface area contributed by atoms with Gasteiger partial charge in [-0.25, -0.2) is 9.97 Å². The predicted molar refractivity (Wildman–Crippen MR) is 323 cm³/mol. The van der Waals surface area contributed by atoms with Crippen molar-refractivity contribution in [3.05, 3.63) is 207 Å². The summed E-state index contributed by atoms with van der Waals surface area (Å²) in [7, 11) is 0. The number of unbranched alkanes of at least 4 members (excludes halogenated alkanes) is 12. The molecule has 0 bridgehead atoms. The Morgan fingerprint density at radius 2 is 0.774 bits per heavy atom. The topological polar surface area (TPSA) is 194 Å². The van der Waals surface area contributed by atoms with Gasteiger partial charge in [-0.3, -0.25) is 20.2 Å². The third kappa shape index (κ3) is 16.8. The minimum Gasteiger partial charge on any atom is -0.494 e. The van der Waals surface area contributed by atoms with Gasteiger partial charge in [-0.1, -0.05) is 76.4 Å². The number of nitro groups is 2. The fraction of sp³-hybridized carbons (Fsp3) is 0.294. The fourth-order valence-corrected chi connectivity index (χ4v) is 9.84. The van der Waals surface area contributed by atoms with E-state index in [2.05, 4.69) is 18.2 Å². The van der Waals surface area contributed by atoms with E-state index in [4.69, 9.17) is 47.2 Å². The Morgan fingerprint density at radius 3 is 1.18 bits per heavy atom. The number of hydrogen-bond acceptors (Lipinski definition) is 14. The number of nitrogens with zero attached hydrogens (tertiary/aromatic N) is 4. The van der Waals surface area contributed by atoms with E-state index in [1.807, 2.05) is 109 Å². The zero-order valence-corrected chi connectivity index (χ0v) is 46.9. The molecule has 1 aliphatic carbocycles. The molecule has 1 unspecified atom stereocenters. The van der Waals surface area contributed by atoms with E-state index in [1.54, 1.807) is 24.3 Å². The molecule has 7 aromatic carbocycles. The lowest BCUT2D eigenvalue weighted by Gasteiger charge is -2.15. The van der Waals surface area contributed by atoms with Gasteiger partial charge in [0.25, 0.3) is 11.4 Å². The molecule has 0 fully saturated rings. The Balaban J connectivity index is 0.593. The molecule has 1 atom stereocenters. The summed E-state index contributed by atoms with van der Waals surface area (Å²) in [6, 6.07) is 49.4. The summed E-state index contributed by atoms with van der Waals surface area (Å²) in [5.74, 6) is 7.78. The van der Waals surface area contributed by atoms with E-state index in [1.165, 1.54) is 37.1 Å². The molecule has 2 heterocycles. The van der Waals surface area contributed by atoms with Gasteiger partial charge in [0.1, 0.15) is 63.0 Å². The van der Waals surface area contributed by atoms with Crippen LogP contribution >= 0.6 is 0 Å². The van der Waals surface area contributed by atoms with E-state index >= 15 is 0 Å². The van der Waals surface area contributed by atoms with Gasteiger partial charge in [-0.2, -0.15) is 0 Å². The van der Waals surface area contributed by atoms with Gasteiger partial charge < -0.3 is 37.3 Å². The Labute approximate surface area is 488 Å². The van der Waals surface area contributed by atoms with Crippen LogP contribution in [0, 0.1) is 20.2 Å². The molecule has 432 valence electrons. The van der Waals surface area contributed by atoms with Crippen molar-refractivity contribution >= 4 is 28.6 Å². The number of benzene rings is 7. The summed E-state index contributed by atoms with van der Waals surface area (Å²) in [5.41, 5.74) is 5.25. The van der Waals surface area contributed by atoms with Crippen LogP contribution in [0.3, 0.4) is 0 Å². The Kier molecular flexibility index (Phi) is 20.3. The molecule has 0 saturated carbocycles. The van der Waals surface area contributed by atoms with Gasteiger partial charge in [0.15, 0.2) is 5.58 Å². The lowest BCUT2D eigenvalue weighted by molar-refractivity contribution is -0.385. The van der Waals surface area contributed by atoms with Gasteiger partial charge >= 0.3 is 0 Å². The standard InChI is InChI=1S/C68H68N4O12/c73-71(74)53-21-29-55(30-22-53)77-43-11-7-3-1-5-9-13-45-79-57-33-37-61(38-34-57)81-59-25-15-49(16-26-59)67-69-63-41-19-51(47-65(63)83-67)52-20-42-64-66(48-52)84-68(70-64)50-17-27-60(28-18-50)82-62-39-35-58(36-40-62)80-46-14-10-6-2-4-8-12-44-78-56-31-23-54(24-32-56)72(75)76/h15-42,47,52H,1-14,43-46,48H2. The average molecular weight is 1130 g/mol. The molecule has 0 amide bonds. The summed E-state index contributed by atoms with van der Waals surface area (Å²) in [6.07, 6.45) is 20.1. The molecule has 0 radical (unpaired) electrons. The van der Waals surface area contributed by atoms with Crippen molar-refractivity contribution in [2.75, 3.05) is 26.4 Å². The van der Waals surface area contributed by atoms with Gasteiger partial charge in [-0.15, -0.1) is 0 Å². The lowest BCUT2D eigenvalue weighted by atomic mass is 9.90. The first-order valence-corrected chi connectivity index (χ1v) is 29.1.